The minimum absolute atomic E-state index is 0.140. The minimum Gasteiger partial charge on any atom is -0.298 e. The lowest BCUT2D eigenvalue weighted by molar-refractivity contribution is 0.102. The Balaban J connectivity index is 1.90. The number of aromatic nitrogens is 3. The van der Waals surface area contributed by atoms with Crippen molar-refractivity contribution in [2.75, 3.05) is 5.32 Å². The van der Waals surface area contributed by atoms with Gasteiger partial charge in [0.15, 0.2) is 5.13 Å². The van der Waals surface area contributed by atoms with Gasteiger partial charge in [-0.1, -0.05) is 6.92 Å². The van der Waals surface area contributed by atoms with Crippen LogP contribution in [0.25, 0.3) is 0 Å². The van der Waals surface area contributed by atoms with Crippen molar-refractivity contribution < 1.29 is 4.79 Å². The maximum atomic E-state index is 12.6. The molecule has 2 heterocycles. The Bertz CT molecular complexity index is 837. The van der Waals surface area contributed by atoms with Crippen molar-refractivity contribution in [1.82, 2.24) is 14.8 Å². The zero-order valence-electron chi connectivity index (χ0n) is 13.8. The third kappa shape index (κ3) is 2.93. The van der Waals surface area contributed by atoms with Crippen molar-refractivity contribution in [2.24, 2.45) is 13.0 Å². The molecule has 2 aromatic rings. The maximum absolute atomic E-state index is 12.6. The summed E-state index contributed by atoms with van der Waals surface area (Å²) in [6.07, 6.45) is 3.10. The Morgan fingerprint density at radius 2 is 2.13 bits per heavy atom. The van der Waals surface area contributed by atoms with E-state index in [1.807, 2.05) is 0 Å². The molecule has 122 valence electrons. The number of carbonyl (C=O) groups is 1. The lowest BCUT2D eigenvalue weighted by atomic mass is 9.93. The summed E-state index contributed by atoms with van der Waals surface area (Å²) >= 11 is 1.51. The molecule has 0 fully saturated rings. The molecule has 7 heteroatoms. The monoisotopic (exact) mass is 332 g/mol. The van der Waals surface area contributed by atoms with Crippen LogP contribution in [0, 0.1) is 19.8 Å². The number of amides is 1. The first-order valence-electron chi connectivity index (χ1n) is 7.71. The van der Waals surface area contributed by atoms with Gasteiger partial charge in [0.2, 0.25) is 0 Å². The van der Waals surface area contributed by atoms with Gasteiger partial charge < -0.3 is 0 Å². The molecule has 0 bridgehead atoms. The number of fused-ring (bicyclic) bond motifs is 1. The van der Waals surface area contributed by atoms with Crippen LogP contribution in [0.2, 0.25) is 0 Å². The summed E-state index contributed by atoms with van der Waals surface area (Å²) in [6, 6.07) is 0. The Morgan fingerprint density at radius 3 is 2.87 bits per heavy atom. The number of hydrogen-bond acceptors (Lipinski definition) is 5. The highest BCUT2D eigenvalue weighted by Gasteiger charge is 2.23. The molecular formula is C16H20N4O2S. The fraction of sp³-hybridized carbons (Fsp3) is 0.500. The fourth-order valence-electron chi connectivity index (χ4n) is 2.87. The van der Waals surface area contributed by atoms with Crippen LogP contribution >= 0.6 is 11.3 Å². The van der Waals surface area contributed by atoms with Gasteiger partial charge in [-0.25, -0.2) is 9.67 Å². The van der Waals surface area contributed by atoms with Crippen molar-refractivity contribution in [3.8, 4) is 0 Å². The Hall–Kier alpha value is -2.02. The van der Waals surface area contributed by atoms with Gasteiger partial charge in [-0.2, -0.15) is 5.10 Å². The van der Waals surface area contributed by atoms with E-state index in [4.69, 9.17) is 0 Å². The molecule has 2 aromatic heterocycles. The molecule has 6 nitrogen and oxygen atoms in total. The fourth-order valence-corrected chi connectivity index (χ4v) is 4.04. The summed E-state index contributed by atoms with van der Waals surface area (Å²) in [6.45, 7) is 5.76. The summed E-state index contributed by atoms with van der Waals surface area (Å²) in [4.78, 5) is 30.5. The molecule has 1 aliphatic rings. The van der Waals surface area contributed by atoms with Gasteiger partial charge in [0.1, 0.15) is 5.56 Å². The highest BCUT2D eigenvalue weighted by atomic mass is 32.1. The average Bonchev–Trinajstić information content (AvgIpc) is 2.86. The van der Waals surface area contributed by atoms with Crippen molar-refractivity contribution in [3.05, 3.63) is 37.7 Å². The van der Waals surface area contributed by atoms with Crippen LogP contribution in [0.4, 0.5) is 5.13 Å². The number of thiazole rings is 1. The number of anilines is 1. The first kappa shape index (κ1) is 15.9. The summed E-state index contributed by atoms with van der Waals surface area (Å²) < 4.78 is 1.20. The number of carbonyl (C=O) groups excluding carboxylic acids is 1. The Labute approximate surface area is 138 Å². The van der Waals surface area contributed by atoms with E-state index in [0.717, 1.165) is 25.0 Å². The van der Waals surface area contributed by atoms with Crippen LogP contribution in [0.3, 0.4) is 0 Å². The quantitative estimate of drug-likeness (QED) is 0.915. The smallest absolute Gasteiger partial charge is 0.279 e. The summed E-state index contributed by atoms with van der Waals surface area (Å²) in [5.74, 6) is 0.247. The van der Waals surface area contributed by atoms with E-state index in [1.54, 1.807) is 20.9 Å². The highest BCUT2D eigenvalue weighted by molar-refractivity contribution is 7.15. The normalized spacial score (nSPS) is 17.0. The van der Waals surface area contributed by atoms with Gasteiger partial charge in [0.25, 0.3) is 11.5 Å². The molecule has 0 unspecified atom stereocenters. The van der Waals surface area contributed by atoms with Crippen molar-refractivity contribution in [1.29, 1.82) is 0 Å². The summed E-state index contributed by atoms with van der Waals surface area (Å²) in [7, 11) is 1.55. The maximum Gasteiger partial charge on any atom is 0.279 e. The number of nitrogens with one attached hydrogen (secondary N) is 1. The summed E-state index contributed by atoms with van der Waals surface area (Å²) in [5.41, 5.74) is 2.12. The van der Waals surface area contributed by atoms with E-state index in [1.165, 1.54) is 20.9 Å². The Morgan fingerprint density at radius 1 is 1.39 bits per heavy atom. The first-order chi connectivity index (χ1) is 10.9. The second-order valence-corrected chi connectivity index (χ2v) is 7.29. The van der Waals surface area contributed by atoms with Gasteiger partial charge in [-0.05, 0) is 44.6 Å². The van der Waals surface area contributed by atoms with E-state index in [2.05, 4.69) is 22.3 Å². The number of hydrogen-bond donors (Lipinski definition) is 1. The number of nitrogens with zero attached hydrogens (tertiary/aromatic N) is 3. The predicted octanol–water partition coefficient (Wildman–Crippen LogP) is 2.23. The molecular weight excluding hydrogens is 312 g/mol. The standard InChI is InChI=1S/C16H20N4O2S/c1-8-5-6-11-12(7-8)23-16(17-11)18-14(21)13-9(2)10(3)19-20(4)15(13)22/h8H,5-7H2,1-4H3,(H,17,18,21)/t8-/m1/s1. The third-order valence-corrected chi connectivity index (χ3v) is 5.39. The lowest BCUT2D eigenvalue weighted by Gasteiger charge is -2.15. The molecule has 3 rings (SSSR count). The van der Waals surface area contributed by atoms with Gasteiger partial charge in [0, 0.05) is 11.9 Å². The zero-order valence-corrected chi connectivity index (χ0v) is 14.6. The van der Waals surface area contributed by atoms with Gasteiger partial charge in [0.05, 0.1) is 11.4 Å². The topological polar surface area (TPSA) is 76.9 Å². The van der Waals surface area contributed by atoms with Crippen LogP contribution in [-0.4, -0.2) is 20.7 Å². The predicted molar refractivity (Wildman–Crippen MR) is 90.2 cm³/mol. The van der Waals surface area contributed by atoms with Crippen molar-refractivity contribution >= 4 is 22.4 Å². The van der Waals surface area contributed by atoms with Crippen LogP contribution in [0.15, 0.2) is 4.79 Å². The number of rotatable bonds is 2. The average molecular weight is 332 g/mol. The molecule has 0 spiro atoms. The van der Waals surface area contributed by atoms with Crippen LogP contribution < -0.4 is 10.9 Å². The van der Waals surface area contributed by atoms with Gasteiger partial charge in [-0.3, -0.25) is 14.9 Å². The molecule has 1 aliphatic carbocycles. The molecule has 0 saturated carbocycles. The SMILES string of the molecule is Cc1nn(C)c(=O)c(C(=O)Nc2nc3c(s2)C[C@H](C)CC3)c1C. The second-order valence-electron chi connectivity index (χ2n) is 6.21. The van der Waals surface area contributed by atoms with E-state index >= 15 is 0 Å². The van der Waals surface area contributed by atoms with E-state index in [0.29, 0.717) is 22.3 Å². The molecule has 1 N–H and O–H groups in total. The van der Waals surface area contributed by atoms with E-state index in [-0.39, 0.29) is 11.1 Å². The van der Waals surface area contributed by atoms with Gasteiger partial charge in [-0.15, -0.1) is 11.3 Å². The van der Waals surface area contributed by atoms with Crippen LogP contribution in [-0.2, 0) is 19.9 Å². The Kier molecular flexibility index (Phi) is 4.06. The molecule has 1 amide bonds. The van der Waals surface area contributed by atoms with E-state index in [9.17, 15) is 9.59 Å². The van der Waals surface area contributed by atoms with Crippen molar-refractivity contribution in [3.63, 3.8) is 0 Å². The largest absolute Gasteiger partial charge is 0.298 e. The highest BCUT2D eigenvalue weighted by Crippen LogP contribution is 2.32. The first-order valence-corrected chi connectivity index (χ1v) is 8.53. The molecule has 1 atom stereocenters. The molecule has 0 aromatic carbocycles. The molecule has 23 heavy (non-hydrogen) atoms. The zero-order chi connectivity index (χ0) is 16.7. The third-order valence-electron chi connectivity index (χ3n) is 4.36. The van der Waals surface area contributed by atoms with Gasteiger partial charge >= 0.3 is 0 Å². The molecule has 0 saturated heterocycles. The van der Waals surface area contributed by atoms with Crippen LogP contribution in [0.5, 0.6) is 0 Å². The van der Waals surface area contributed by atoms with Crippen LogP contribution in [0.1, 0.15) is 45.5 Å². The number of aryl methyl sites for hydroxylation is 3. The second kappa shape index (κ2) is 5.88. The summed E-state index contributed by atoms with van der Waals surface area (Å²) in [5, 5.41) is 7.46. The lowest BCUT2D eigenvalue weighted by Crippen LogP contribution is -2.31. The molecule has 0 radical (unpaired) electrons. The van der Waals surface area contributed by atoms with Crippen molar-refractivity contribution in [2.45, 2.75) is 40.0 Å². The minimum atomic E-state index is -0.409. The molecule has 0 aliphatic heterocycles. The van der Waals surface area contributed by atoms with E-state index < -0.39 is 5.91 Å².